The number of carbonyl (C=O) groups excluding carboxylic acids is 1. The van der Waals surface area contributed by atoms with Gasteiger partial charge in [0.25, 0.3) is 5.92 Å². The fraction of sp³-hybridized carbons (Fsp3) is 0.857. The monoisotopic (exact) mass is 179 g/mol. The van der Waals surface area contributed by atoms with Crippen molar-refractivity contribution in [3.05, 3.63) is 0 Å². The van der Waals surface area contributed by atoms with Crippen LogP contribution in [0.15, 0.2) is 0 Å². The van der Waals surface area contributed by atoms with Gasteiger partial charge in [-0.05, 0) is 6.42 Å². The van der Waals surface area contributed by atoms with Crippen molar-refractivity contribution in [1.29, 1.82) is 0 Å². The standard InChI is InChI=1S/C7H11F2NO2/c1-10-6(11)12-5-2-3-7(8,9)4-5/h5H,2-4H2,1H3,(H,10,11). The second-order valence-corrected chi connectivity index (χ2v) is 2.88. The molecule has 0 radical (unpaired) electrons. The van der Waals surface area contributed by atoms with E-state index in [4.69, 9.17) is 0 Å². The summed E-state index contributed by atoms with van der Waals surface area (Å²) < 4.78 is 29.7. The Balaban J connectivity index is 2.33. The lowest BCUT2D eigenvalue weighted by atomic mass is 10.3. The third kappa shape index (κ3) is 2.32. The summed E-state index contributed by atoms with van der Waals surface area (Å²) in [6.45, 7) is 0. The fourth-order valence-electron chi connectivity index (χ4n) is 1.22. The van der Waals surface area contributed by atoms with E-state index in [-0.39, 0.29) is 19.3 Å². The minimum atomic E-state index is -2.65. The predicted octanol–water partition coefficient (Wildman–Crippen LogP) is 1.53. The van der Waals surface area contributed by atoms with Crippen LogP contribution in [-0.2, 0) is 4.74 Å². The average molecular weight is 179 g/mol. The Kier molecular flexibility index (Phi) is 2.49. The average Bonchev–Trinajstić information content (AvgIpc) is 2.30. The quantitative estimate of drug-likeness (QED) is 0.662. The first-order valence-electron chi connectivity index (χ1n) is 3.80. The highest BCUT2D eigenvalue weighted by atomic mass is 19.3. The van der Waals surface area contributed by atoms with Crippen LogP contribution in [0.5, 0.6) is 0 Å². The predicted molar refractivity (Wildman–Crippen MR) is 38.1 cm³/mol. The maximum absolute atomic E-state index is 12.5. The molecule has 5 heteroatoms. The molecular weight excluding hydrogens is 168 g/mol. The summed E-state index contributed by atoms with van der Waals surface area (Å²) in [6, 6.07) is 0. The Morgan fingerprint density at radius 1 is 1.67 bits per heavy atom. The topological polar surface area (TPSA) is 38.3 Å². The SMILES string of the molecule is CNC(=O)OC1CCC(F)(F)C1. The van der Waals surface area contributed by atoms with Gasteiger partial charge in [-0.2, -0.15) is 0 Å². The summed E-state index contributed by atoms with van der Waals surface area (Å²) in [7, 11) is 1.40. The number of rotatable bonds is 1. The molecule has 70 valence electrons. The second kappa shape index (κ2) is 3.25. The number of alkyl carbamates (subject to hydrolysis) is 1. The molecule has 1 N–H and O–H groups in total. The van der Waals surface area contributed by atoms with Crippen LogP contribution in [0.4, 0.5) is 13.6 Å². The number of ether oxygens (including phenoxy) is 1. The van der Waals surface area contributed by atoms with E-state index >= 15 is 0 Å². The summed E-state index contributed by atoms with van der Waals surface area (Å²) in [5, 5.41) is 2.21. The number of hydrogen-bond donors (Lipinski definition) is 1. The van der Waals surface area contributed by atoms with Gasteiger partial charge < -0.3 is 10.1 Å². The van der Waals surface area contributed by atoms with Gasteiger partial charge >= 0.3 is 6.09 Å². The lowest BCUT2D eigenvalue weighted by Gasteiger charge is -2.11. The van der Waals surface area contributed by atoms with Crippen LogP contribution >= 0.6 is 0 Å². The molecule has 1 atom stereocenters. The lowest BCUT2D eigenvalue weighted by molar-refractivity contribution is -0.00593. The summed E-state index contributed by atoms with van der Waals surface area (Å²) in [5.41, 5.74) is 0. The maximum atomic E-state index is 12.5. The largest absolute Gasteiger partial charge is 0.446 e. The molecule has 1 aliphatic rings. The number of carbonyl (C=O) groups is 1. The molecule has 1 amide bonds. The molecule has 1 fully saturated rings. The summed E-state index contributed by atoms with van der Waals surface area (Å²) in [6.07, 6.45) is -1.55. The summed E-state index contributed by atoms with van der Waals surface area (Å²) >= 11 is 0. The van der Waals surface area contributed by atoms with Crippen molar-refractivity contribution < 1.29 is 18.3 Å². The van der Waals surface area contributed by atoms with E-state index in [0.717, 1.165) is 0 Å². The van der Waals surface area contributed by atoms with Crippen LogP contribution in [-0.4, -0.2) is 25.2 Å². The van der Waals surface area contributed by atoms with Gasteiger partial charge in [0.15, 0.2) is 0 Å². The molecule has 1 unspecified atom stereocenters. The molecule has 1 aliphatic carbocycles. The number of amides is 1. The molecule has 1 rings (SSSR count). The van der Waals surface area contributed by atoms with Gasteiger partial charge in [-0.15, -0.1) is 0 Å². The molecular formula is C7H11F2NO2. The molecule has 3 nitrogen and oxygen atoms in total. The van der Waals surface area contributed by atoms with Crippen LogP contribution in [0.2, 0.25) is 0 Å². The molecule has 12 heavy (non-hydrogen) atoms. The van der Waals surface area contributed by atoms with Crippen LogP contribution in [0, 0.1) is 0 Å². The Bertz CT molecular complexity index is 184. The van der Waals surface area contributed by atoms with Gasteiger partial charge in [0.2, 0.25) is 0 Å². The van der Waals surface area contributed by atoms with E-state index < -0.39 is 18.1 Å². The summed E-state index contributed by atoms with van der Waals surface area (Å²) in [4.78, 5) is 10.6. The van der Waals surface area contributed by atoms with E-state index in [1.807, 2.05) is 0 Å². The van der Waals surface area contributed by atoms with Crippen molar-refractivity contribution >= 4 is 6.09 Å². The molecule has 0 aromatic rings. The van der Waals surface area contributed by atoms with Crippen molar-refractivity contribution in [3.8, 4) is 0 Å². The highest BCUT2D eigenvalue weighted by Crippen LogP contribution is 2.36. The van der Waals surface area contributed by atoms with Crippen molar-refractivity contribution in [2.24, 2.45) is 0 Å². The zero-order valence-corrected chi connectivity index (χ0v) is 6.77. The zero-order valence-electron chi connectivity index (χ0n) is 6.77. The van der Waals surface area contributed by atoms with Crippen molar-refractivity contribution in [1.82, 2.24) is 5.32 Å². The Morgan fingerprint density at radius 2 is 2.33 bits per heavy atom. The smallest absolute Gasteiger partial charge is 0.407 e. The first kappa shape index (κ1) is 9.22. The minimum Gasteiger partial charge on any atom is -0.446 e. The van der Waals surface area contributed by atoms with E-state index in [2.05, 4.69) is 10.1 Å². The van der Waals surface area contributed by atoms with E-state index in [1.54, 1.807) is 0 Å². The Morgan fingerprint density at radius 3 is 2.75 bits per heavy atom. The van der Waals surface area contributed by atoms with Crippen LogP contribution in [0.3, 0.4) is 0 Å². The van der Waals surface area contributed by atoms with Crippen LogP contribution < -0.4 is 5.32 Å². The first-order chi connectivity index (χ1) is 5.53. The van der Waals surface area contributed by atoms with Crippen molar-refractivity contribution in [3.63, 3.8) is 0 Å². The van der Waals surface area contributed by atoms with Gasteiger partial charge in [0.1, 0.15) is 6.10 Å². The zero-order chi connectivity index (χ0) is 9.19. The highest BCUT2D eigenvalue weighted by molar-refractivity contribution is 5.66. The van der Waals surface area contributed by atoms with Gasteiger partial charge in [-0.3, -0.25) is 0 Å². The number of halogens is 2. The lowest BCUT2D eigenvalue weighted by Crippen LogP contribution is -2.25. The highest BCUT2D eigenvalue weighted by Gasteiger charge is 2.41. The van der Waals surface area contributed by atoms with Gasteiger partial charge in [0, 0.05) is 19.9 Å². The Hall–Kier alpha value is -0.870. The number of alkyl halides is 2. The molecule has 0 spiro atoms. The number of nitrogens with one attached hydrogen (secondary N) is 1. The van der Waals surface area contributed by atoms with E-state index in [1.165, 1.54) is 7.05 Å². The molecule has 0 heterocycles. The van der Waals surface area contributed by atoms with Gasteiger partial charge in [-0.1, -0.05) is 0 Å². The molecule has 0 bridgehead atoms. The van der Waals surface area contributed by atoms with E-state index in [0.29, 0.717) is 0 Å². The molecule has 0 aromatic heterocycles. The third-order valence-electron chi connectivity index (χ3n) is 1.84. The van der Waals surface area contributed by atoms with Crippen molar-refractivity contribution in [2.45, 2.75) is 31.3 Å². The maximum Gasteiger partial charge on any atom is 0.407 e. The minimum absolute atomic E-state index is 0.186. The van der Waals surface area contributed by atoms with Gasteiger partial charge in [0.05, 0.1) is 0 Å². The molecule has 0 saturated heterocycles. The van der Waals surface area contributed by atoms with E-state index in [9.17, 15) is 13.6 Å². The van der Waals surface area contributed by atoms with Gasteiger partial charge in [-0.25, -0.2) is 13.6 Å². The Labute approximate surface area is 69.1 Å². The fourth-order valence-corrected chi connectivity index (χ4v) is 1.22. The normalized spacial score (nSPS) is 26.8. The second-order valence-electron chi connectivity index (χ2n) is 2.88. The van der Waals surface area contributed by atoms with Crippen LogP contribution in [0.1, 0.15) is 19.3 Å². The molecule has 0 aliphatic heterocycles. The summed E-state index contributed by atoms with van der Waals surface area (Å²) in [5.74, 6) is -2.65. The van der Waals surface area contributed by atoms with Crippen LogP contribution in [0.25, 0.3) is 0 Å². The van der Waals surface area contributed by atoms with Crippen molar-refractivity contribution in [2.75, 3.05) is 7.05 Å². The molecule has 1 saturated carbocycles. The first-order valence-corrected chi connectivity index (χ1v) is 3.80. The number of hydrogen-bond acceptors (Lipinski definition) is 2. The molecule has 0 aromatic carbocycles. The third-order valence-corrected chi connectivity index (χ3v) is 1.84.